The maximum absolute atomic E-state index is 11.7. The highest BCUT2D eigenvalue weighted by Crippen LogP contribution is 2.36. The highest BCUT2D eigenvalue weighted by molar-refractivity contribution is 6.34. The molecule has 39 heavy (non-hydrogen) atoms. The van der Waals surface area contributed by atoms with Crippen LogP contribution in [0.1, 0.15) is 21.5 Å². The van der Waals surface area contributed by atoms with Crippen molar-refractivity contribution < 1.29 is 28.7 Å². The second kappa shape index (κ2) is 12.2. The van der Waals surface area contributed by atoms with Crippen molar-refractivity contribution in [1.82, 2.24) is 10.3 Å². The van der Waals surface area contributed by atoms with Crippen molar-refractivity contribution in [3.63, 3.8) is 0 Å². The van der Waals surface area contributed by atoms with Crippen LogP contribution in [0, 0.1) is 0 Å². The van der Waals surface area contributed by atoms with E-state index in [4.69, 9.17) is 47.1 Å². The van der Waals surface area contributed by atoms with Gasteiger partial charge in [0.25, 0.3) is 0 Å². The van der Waals surface area contributed by atoms with Crippen LogP contribution in [0.4, 0.5) is 0 Å². The molecule has 0 unspecified atom stereocenters. The average molecular weight is 565 g/mol. The molecule has 1 aromatic heterocycles. The van der Waals surface area contributed by atoms with Crippen molar-refractivity contribution in [2.24, 2.45) is 0 Å². The Morgan fingerprint density at radius 3 is 2.51 bits per heavy atom. The summed E-state index contributed by atoms with van der Waals surface area (Å²) in [5.41, 5.74) is 4.76. The third-order valence-electron chi connectivity index (χ3n) is 5.87. The number of halogens is 2. The van der Waals surface area contributed by atoms with Crippen LogP contribution in [0.15, 0.2) is 77.4 Å². The molecule has 0 aliphatic rings. The largest absolute Gasteiger partial charge is 0.491 e. The number of ether oxygens (including phenoxy) is 3. The Balaban J connectivity index is 1.33. The molecular formula is C29H22Cl2N2O6. The number of aldehydes is 1. The maximum atomic E-state index is 11.7. The van der Waals surface area contributed by atoms with Gasteiger partial charge >= 0.3 is 0 Å². The van der Waals surface area contributed by atoms with Gasteiger partial charge in [-0.25, -0.2) is 4.63 Å². The first-order chi connectivity index (χ1) is 19.1. The van der Waals surface area contributed by atoms with Gasteiger partial charge in [-0.15, -0.1) is 0 Å². The Morgan fingerprint density at radius 2 is 1.67 bits per heavy atom. The van der Waals surface area contributed by atoms with Gasteiger partial charge < -0.3 is 19.3 Å². The van der Waals surface area contributed by atoms with Gasteiger partial charge in [0.2, 0.25) is 0 Å². The smallest absolute Gasteiger partial charge is 0.153 e. The fourth-order valence-electron chi connectivity index (χ4n) is 3.94. The number of hydrogen-bond acceptors (Lipinski definition) is 8. The van der Waals surface area contributed by atoms with Crippen LogP contribution in [0.5, 0.6) is 17.2 Å². The molecule has 5 rings (SSSR count). The molecule has 0 amide bonds. The minimum Gasteiger partial charge on any atom is -0.491 e. The average Bonchev–Trinajstić information content (AvgIpc) is 3.43. The summed E-state index contributed by atoms with van der Waals surface area (Å²) in [6.07, 6.45) is 0.675. The van der Waals surface area contributed by atoms with Gasteiger partial charge in [-0.3, -0.25) is 4.79 Å². The van der Waals surface area contributed by atoms with Gasteiger partial charge in [0.1, 0.15) is 48.1 Å². The SMILES string of the molecule is O=Cc1cc(Cl)c(OCc2cccc(-c3cccc(OCCO)c3)c2Cl)cc1OCc1ccc2nonc2c1. The van der Waals surface area contributed by atoms with Gasteiger partial charge in [-0.2, -0.15) is 0 Å². The lowest BCUT2D eigenvalue weighted by Gasteiger charge is -2.15. The number of fused-ring (bicyclic) bond motifs is 1. The molecule has 8 nitrogen and oxygen atoms in total. The molecule has 0 fully saturated rings. The van der Waals surface area contributed by atoms with Crippen LogP contribution in [0.25, 0.3) is 22.2 Å². The van der Waals surface area contributed by atoms with Crippen molar-refractivity contribution in [3.8, 4) is 28.4 Å². The van der Waals surface area contributed by atoms with Crippen LogP contribution in [-0.2, 0) is 13.2 Å². The van der Waals surface area contributed by atoms with E-state index in [-0.39, 0.29) is 31.5 Å². The normalized spacial score (nSPS) is 10.9. The number of nitrogens with zero attached hydrogens (tertiary/aromatic N) is 2. The van der Waals surface area contributed by atoms with E-state index in [2.05, 4.69) is 10.3 Å². The minimum absolute atomic E-state index is 0.0722. The fourth-order valence-corrected chi connectivity index (χ4v) is 4.46. The summed E-state index contributed by atoms with van der Waals surface area (Å²) in [6.45, 7) is 0.439. The summed E-state index contributed by atoms with van der Waals surface area (Å²) in [4.78, 5) is 11.7. The third kappa shape index (κ3) is 6.15. The molecule has 4 aromatic carbocycles. The third-order valence-corrected chi connectivity index (χ3v) is 6.61. The molecular weight excluding hydrogens is 543 g/mol. The number of aliphatic hydroxyl groups is 1. The maximum Gasteiger partial charge on any atom is 0.153 e. The zero-order valence-electron chi connectivity index (χ0n) is 20.5. The predicted octanol–water partition coefficient (Wildman–Crippen LogP) is 6.54. The van der Waals surface area contributed by atoms with Gasteiger partial charge in [-0.05, 0) is 51.8 Å². The summed E-state index contributed by atoms with van der Waals surface area (Å²) < 4.78 is 22.2. The number of aromatic nitrogens is 2. The lowest BCUT2D eigenvalue weighted by Crippen LogP contribution is -2.02. The van der Waals surface area contributed by atoms with Crippen molar-refractivity contribution in [3.05, 3.63) is 99.5 Å². The van der Waals surface area contributed by atoms with Gasteiger partial charge in [0.15, 0.2) is 6.29 Å². The van der Waals surface area contributed by atoms with Gasteiger partial charge in [-0.1, -0.05) is 59.6 Å². The molecule has 0 radical (unpaired) electrons. The number of aliphatic hydroxyl groups excluding tert-OH is 1. The van der Waals surface area contributed by atoms with E-state index < -0.39 is 0 Å². The van der Waals surface area contributed by atoms with Crippen LogP contribution < -0.4 is 14.2 Å². The fraction of sp³-hybridized carbons (Fsp3) is 0.138. The molecule has 0 aliphatic carbocycles. The Kier molecular flexibility index (Phi) is 8.27. The van der Waals surface area contributed by atoms with E-state index in [9.17, 15) is 4.79 Å². The van der Waals surface area contributed by atoms with Crippen molar-refractivity contribution in [2.45, 2.75) is 13.2 Å². The quantitative estimate of drug-likeness (QED) is 0.180. The molecule has 0 spiro atoms. The second-order valence-corrected chi connectivity index (χ2v) is 9.27. The van der Waals surface area contributed by atoms with Crippen molar-refractivity contribution in [2.75, 3.05) is 13.2 Å². The topological polar surface area (TPSA) is 104 Å². The summed E-state index contributed by atoms with van der Waals surface area (Å²) in [7, 11) is 0. The summed E-state index contributed by atoms with van der Waals surface area (Å²) in [6, 6.07) is 21.6. The monoisotopic (exact) mass is 564 g/mol. The Hall–Kier alpha value is -4.11. The molecule has 0 saturated carbocycles. The zero-order chi connectivity index (χ0) is 27.2. The number of rotatable bonds is 11. The highest BCUT2D eigenvalue weighted by Gasteiger charge is 2.14. The molecule has 0 atom stereocenters. The second-order valence-electron chi connectivity index (χ2n) is 8.48. The molecule has 0 bridgehead atoms. The highest BCUT2D eigenvalue weighted by atomic mass is 35.5. The molecule has 10 heteroatoms. The van der Waals surface area contributed by atoms with Gasteiger partial charge in [0.05, 0.1) is 22.2 Å². The summed E-state index contributed by atoms with van der Waals surface area (Å²) in [5.74, 6) is 1.29. The van der Waals surface area contributed by atoms with E-state index in [1.165, 1.54) is 6.07 Å². The Labute approximate surface area is 233 Å². The van der Waals surface area contributed by atoms with Crippen LogP contribution in [0.3, 0.4) is 0 Å². The van der Waals surface area contributed by atoms with E-state index in [0.29, 0.717) is 45.2 Å². The molecule has 0 saturated heterocycles. The molecule has 1 N–H and O–H groups in total. The lowest BCUT2D eigenvalue weighted by molar-refractivity contribution is 0.111. The molecule has 0 aliphatic heterocycles. The number of carbonyl (C=O) groups excluding carboxylic acids is 1. The molecule has 1 heterocycles. The predicted molar refractivity (Wildman–Crippen MR) is 147 cm³/mol. The van der Waals surface area contributed by atoms with Crippen molar-refractivity contribution in [1.29, 1.82) is 0 Å². The van der Waals surface area contributed by atoms with Crippen LogP contribution in [-0.4, -0.2) is 34.9 Å². The van der Waals surface area contributed by atoms with Crippen LogP contribution in [0.2, 0.25) is 10.0 Å². The van der Waals surface area contributed by atoms with E-state index in [0.717, 1.165) is 22.3 Å². The first-order valence-electron chi connectivity index (χ1n) is 11.9. The van der Waals surface area contributed by atoms with Crippen LogP contribution >= 0.6 is 23.2 Å². The van der Waals surface area contributed by atoms with Crippen molar-refractivity contribution >= 4 is 40.5 Å². The number of benzene rings is 4. The van der Waals surface area contributed by atoms with Gasteiger partial charge in [0, 0.05) is 17.2 Å². The summed E-state index contributed by atoms with van der Waals surface area (Å²) in [5, 5.41) is 17.4. The standard InChI is InChI=1S/C29H22Cl2N2O6/c30-24-13-21(15-35)27(37-16-18-7-8-25-26(11-18)33-39-32-25)14-28(24)38-17-20-4-2-6-23(29(20)31)19-3-1-5-22(12-19)36-10-9-34/h1-8,11-15,34H,9-10,16-17H2. The Bertz CT molecular complexity index is 1620. The lowest BCUT2D eigenvalue weighted by atomic mass is 10.0. The van der Waals surface area contributed by atoms with E-state index >= 15 is 0 Å². The molecule has 198 valence electrons. The number of hydrogen-bond donors (Lipinski definition) is 1. The minimum atomic E-state index is -0.0722. The first-order valence-corrected chi connectivity index (χ1v) is 12.7. The zero-order valence-corrected chi connectivity index (χ0v) is 22.0. The first kappa shape index (κ1) is 26.5. The molecule has 5 aromatic rings. The summed E-state index contributed by atoms with van der Waals surface area (Å²) >= 11 is 13.2. The van der Waals surface area contributed by atoms with E-state index in [1.807, 2.05) is 48.5 Å². The Morgan fingerprint density at radius 1 is 0.846 bits per heavy atom. The van der Waals surface area contributed by atoms with E-state index in [1.54, 1.807) is 18.2 Å². The number of carbonyl (C=O) groups is 1.